The Hall–Kier alpha value is -4.05. The van der Waals surface area contributed by atoms with Crippen molar-refractivity contribution in [3.63, 3.8) is 0 Å². The lowest BCUT2D eigenvalue weighted by molar-refractivity contribution is -0.128. The van der Waals surface area contributed by atoms with Gasteiger partial charge in [-0.1, -0.05) is 30.3 Å². The van der Waals surface area contributed by atoms with E-state index in [0.717, 1.165) is 39.5 Å². The maximum atomic E-state index is 13.9. The van der Waals surface area contributed by atoms with E-state index < -0.39 is 22.5 Å². The molecule has 0 aliphatic carbocycles. The minimum Gasteiger partial charge on any atom is -0.493 e. The van der Waals surface area contributed by atoms with Crippen molar-refractivity contribution in [3.8, 4) is 11.5 Å². The van der Waals surface area contributed by atoms with Crippen LogP contribution in [-0.4, -0.2) is 52.4 Å². The van der Waals surface area contributed by atoms with E-state index in [2.05, 4.69) is 5.32 Å². The number of nitrogens with zero attached hydrogens (tertiary/aromatic N) is 2. The van der Waals surface area contributed by atoms with Crippen molar-refractivity contribution in [1.29, 1.82) is 0 Å². The van der Waals surface area contributed by atoms with Gasteiger partial charge < -0.3 is 19.7 Å². The first-order valence-corrected chi connectivity index (χ1v) is 14.5. The molecule has 1 heterocycles. The average Bonchev–Trinajstić information content (AvgIpc) is 3.34. The number of rotatable bonds is 11. The molecule has 3 aromatic rings. The van der Waals surface area contributed by atoms with Gasteiger partial charge in [-0.05, 0) is 66.8 Å². The predicted molar refractivity (Wildman–Crippen MR) is 153 cm³/mol. The van der Waals surface area contributed by atoms with E-state index in [1.807, 2.05) is 49.1 Å². The van der Waals surface area contributed by atoms with Gasteiger partial charge in [-0.2, -0.15) is 0 Å². The second kappa shape index (κ2) is 12.4. The molecule has 0 saturated carbocycles. The molecule has 9 nitrogen and oxygen atoms in total. The third-order valence-electron chi connectivity index (χ3n) is 6.85. The largest absolute Gasteiger partial charge is 0.493 e. The molecule has 40 heavy (non-hydrogen) atoms. The number of anilines is 1. The Morgan fingerprint density at radius 1 is 0.950 bits per heavy atom. The molecular weight excluding hydrogens is 530 g/mol. The number of hydrogen-bond acceptors (Lipinski definition) is 6. The molecule has 0 aromatic heterocycles. The fraction of sp³-hybridized carbons (Fsp3) is 0.333. The van der Waals surface area contributed by atoms with Crippen LogP contribution in [0.5, 0.6) is 11.5 Å². The van der Waals surface area contributed by atoms with Gasteiger partial charge in [0.05, 0.1) is 24.8 Å². The Bertz CT molecular complexity index is 1480. The third-order valence-corrected chi connectivity index (χ3v) is 8.62. The van der Waals surface area contributed by atoms with Gasteiger partial charge in [0.1, 0.15) is 6.54 Å². The molecule has 0 unspecified atom stereocenters. The summed E-state index contributed by atoms with van der Waals surface area (Å²) in [6.45, 7) is 4.73. The maximum absolute atomic E-state index is 13.9. The van der Waals surface area contributed by atoms with Gasteiger partial charge in [-0.3, -0.25) is 13.9 Å². The van der Waals surface area contributed by atoms with Crippen LogP contribution in [0.2, 0.25) is 0 Å². The summed E-state index contributed by atoms with van der Waals surface area (Å²) in [7, 11) is -1.26. The zero-order valence-electron chi connectivity index (χ0n) is 23.3. The predicted octanol–water partition coefficient (Wildman–Crippen LogP) is 3.95. The molecule has 212 valence electrons. The summed E-state index contributed by atoms with van der Waals surface area (Å²) in [4.78, 5) is 27.2. The van der Waals surface area contributed by atoms with E-state index in [0.29, 0.717) is 24.4 Å². The first-order chi connectivity index (χ1) is 19.1. The van der Waals surface area contributed by atoms with Crippen LogP contribution in [-0.2, 0) is 32.7 Å². The number of methoxy groups -OCH3 is 2. The molecule has 0 radical (unpaired) electrons. The van der Waals surface area contributed by atoms with Crippen molar-refractivity contribution < 1.29 is 27.5 Å². The normalized spacial score (nSPS) is 13.3. The molecule has 1 aliphatic heterocycles. The van der Waals surface area contributed by atoms with Crippen molar-refractivity contribution in [3.05, 3.63) is 82.9 Å². The lowest BCUT2D eigenvalue weighted by atomic mass is 10.1. The van der Waals surface area contributed by atoms with Crippen molar-refractivity contribution in [2.24, 2.45) is 0 Å². The van der Waals surface area contributed by atoms with E-state index >= 15 is 0 Å². The quantitative estimate of drug-likeness (QED) is 0.378. The number of sulfonamides is 1. The smallest absolute Gasteiger partial charge is 0.264 e. The highest BCUT2D eigenvalue weighted by atomic mass is 32.2. The van der Waals surface area contributed by atoms with Crippen molar-refractivity contribution in [1.82, 2.24) is 10.2 Å². The Labute approximate surface area is 235 Å². The number of nitrogens with one attached hydrogen (secondary N) is 1. The Kier molecular flexibility index (Phi) is 8.99. The summed E-state index contributed by atoms with van der Waals surface area (Å²) in [5, 5.41) is 2.88. The molecule has 2 amide bonds. The van der Waals surface area contributed by atoms with E-state index in [9.17, 15) is 18.0 Å². The standard InChI is InChI=1S/C30H35N3O6S/c1-21-14-22(2)16-25(15-21)33(40(36,37)26-11-12-27(38-3)28(17-26)39-4)20-29(34)31-18-23-8-5-6-9-24(23)19-32-13-7-10-30(32)35/h5-6,8-9,11-12,14-17H,7,10,13,18-20H2,1-4H3,(H,31,34). The fourth-order valence-electron chi connectivity index (χ4n) is 4.86. The van der Waals surface area contributed by atoms with Gasteiger partial charge in [-0.15, -0.1) is 0 Å². The summed E-state index contributed by atoms with van der Waals surface area (Å²) in [6, 6.07) is 17.4. The summed E-state index contributed by atoms with van der Waals surface area (Å²) in [5.41, 5.74) is 3.94. The Morgan fingerprint density at radius 3 is 2.25 bits per heavy atom. The Morgan fingerprint density at radius 2 is 1.62 bits per heavy atom. The minimum absolute atomic E-state index is 0.0299. The van der Waals surface area contributed by atoms with E-state index in [4.69, 9.17) is 9.47 Å². The highest BCUT2D eigenvalue weighted by Gasteiger charge is 2.29. The maximum Gasteiger partial charge on any atom is 0.264 e. The molecule has 1 saturated heterocycles. The van der Waals surface area contributed by atoms with Crippen LogP contribution in [0.3, 0.4) is 0 Å². The van der Waals surface area contributed by atoms with Gasteiger partial charge in [-0.25, -0.2) is 8.42 Å². The summed E-state index contributed by atoms with van der Waals surface area (Å²) in [5.74, 6) is 0.325. The van der Waals surface area contributed by atoms with Crippen LogP contribution in [0.4, 0.5) is 5.69 Å². The monoisotopic (exact) mass is 565 g/mol. The fourth-order valence-corrected chi connectivity index (χ4v) is 6.28. The molecule has 0 atom stereocenters. The van der Waals surface area contributed by atoms with E-state index in [1.54, 1.807) is 12.1 Å². The van der Waals surface area contributed by atoms with E-state index in [-0.39, 0.29) is 23.1 Å². The number of benzene rings is 3. The molecule has 0 spiro atoms. The van der Waals surface area contributed by atoms with Gasteiger partial charge >= 0.3 is 0 Å². The molecule has 1 aliphatic rings. The van der Waals surface area contributed by atoms with Crippen molar-refractivity contribution >= 4 is 27.5 Å². The van der Waals surface area contributed by atoms with Gasteiger partial charge in [0, 0.05) is 32.1 Å². The number of hydrogen-bond donors (Lipinski definition) is 1. The number of amides is 2. The molecule has 1 fully saturated rings. The van der Waals surface area contributed by atoms with E-state index in [1.165, 1.54) is 32.4 Å². The van der Waals surface area contributed by atoms with Gasteiger partial charge in [0.15, 0.2) is 11.5 Å². The summed E-state index contributed by atoms with van der Waals surface area (Å²) in [6.07, 6.45) is 1.41. The van der Waals surface area contributed by atoms with Gasteiger partial charge in [0.2, 0.25) is 11.8 Å². The second-order valence-corrected chi connectivity index (χ2v) is 11.7. The summed E-state index contributed by atoms with van der Waals surface area (Å²) >= 11 is 0. The number of likely N-dealkylation sites (tertiary alicyclic amines) is 1. The lowest BCUT2D eigenvalue weighted by Crippen LogP contribution is -2.41. The number of aryl methyl sites for hydroxylation is 2. The molecule has 10 heteroatoms. The minimum atomic E-state index is -4.16. The van der Waals surface area contributed by atoms with Crippen LogP contribution >= 0.6 is 0 Å². The number of ether oxygens (including phenoxy) is 2. The molecule has 4 rings (SSSR count). The Balaban J connectivity index is 1.59. The highest BCUT2D eigenvalue weighted by molar-refractivity contribution is 7.92. The van der Waals surface area contributed by atoms with Crippen LogP contribution in [0.25, 0.3) is 0 Å². The lowest BCUT2D eigenvalue weighted by Gasteiger charge is -2.25. The molecular formula is C30H35N3O6S. The average molecular weight is 566 g/mol. The van der Waals surface area contributed by atoms with Crippen LogP contribution in [0, 0.1) is 13.8 Å². The molecule has 3 aromatic carbocycles. The van der Waals surface area contributed by atoms with Gasteiger partial charge in [0.25, 0.3) is 10.0 Å². The molecule has 1 N–H and O–H groups in total. The van der Waals surface area contributed by atoms with Crippen molar-refractivity contribution in [2.75, 3.05) is 31.6 Å². The third kappa shape index (κ3) is 6.56. The number of carbonyl (C=O) groups excluding carboxylic acids is 2. The first kappa shape index (κ1) is 28.9. The molecule has 0 bridgehead atoms. The summed E-state index contributed by atoms with van der Waals surface area (Å²) < 4.78 is 39.5. The van der Waals surface area contributed by atoms with Crippen LogP contribution in [0.1, 0.15) is 35.1 Å². The first-order valence-electron chi connectivity index (χ1n) is 13.1. The van der Waals surface area contributed by atoms with Crippen molar-refractivity contribution in [2.45, 2.75) is 44.7 Å². The zero-order chi connectivity index (χ0) is 28.9. The topological polar surface area (TPSA) is 105 Å². The number of carbonyl (C=O) groups is 2. The SMILES string of the molecule is COc1ccc(S(=O)(=O)N(CC(=O)NCc2ccccc2CN2CCCC2=O)c2cc(C)cc(C)c2)cc1OC. The second-order valence-electron chi connectivity index (χ2n) is 9.84. The van der Waals surface area contributed by atoms with Crippen LogP contribution in [0.15, 0.2) is 65.6 Å². The zero-order valence-corrected chi connectivity index (χ0v) is 24.1. The highest BCUT2D eigenvalue weighted by Crippen LogP contribution is 2.32. The van der Waals surface area contributed by atoms with Crippen LogP contribution < -0.4 is 19.1 Å².